The van der Waals surface area contributed by atoms with E-state index in [2.05, 4.69) is 27.5 Å². The molecule has 2 atom stereocenters. The minimum absolute atomic E-state index is 0.199. The van der Waals surface area contributed by atoms with Crippen LogP contribution in [0.2, 0.25) is 0 Å². The fourth-order valence-electron chi connectivity index (χ4n) is 3.53. The van der Waals surface area contributed by atoms with E-state index in [4.69, 9.17) is 14.2 Å². The number of hydrogen-bond acceptors (Lipinski definition) is 7. The lowest BCUT2D eigenvalue weighted by Crippen LogP contribution is -2.45. The van der Waals surface area contributed by atoms with E-state index in [1.54, 1.807) is 20.3 Å². The molecule has 0 saturated carbocycles. The maximum atomic E-state index is 12.7. The van der Waals surface area contributed by atoms with E-state index < -0.39 is 18.1 Å². The van der Waals surface area contributed by atoms with Gasteiger partial charge in [-0.05, 0) is 51.3 Å². The summed E-state index contributed by atoms with van der Waals surface area (Å²) in [5.74, 6) is 0.475. The molecule has 0 amide bonds. The van der Waals surface area contributed by atoms with E-state index in [0.29, 0.717) is 22.7 Å². The number of halogens is 1. The minimum atomic E-state index is -0.998. The second-order valence-corrected chi connectivity index (χ2v) is 9.14. The number of ether oxygens (including phenoxy) is 3. The number of hydrogen-bond donors (Lipinski definition) is 1. The zero-order chi connectivity index (χ0) is 24.5. The average Bonchev–Trinajstić information content (AvgIpc) is 3.28. The van der Waals surface area contributed by atoms with Crippen molar-refractivity contribution in [2.75, 3.05) is 20.8 Å². The zero-order valence-electron chi connectivity index (χ0n) is 19.0. The van der Waals surface area contributed by atoms with Crippen molar-refractivity contribution in [2.24, 2.45) is 0 Å². The van der Waals surface area contributed by atoms with E-state index in [1.165, 1.54) is 11.3 Å². The van der Waals surface area contributed by atoms with Crippen LogP contribution in [0.25, 0.3) is 0 Å². The molecular formula is C25H27BrN2O5S. The van der Waals surface area contributed by atoms with Crippen molar-refractivity contribution in [3.63, 3.8) is 0 Å². The third-order valence-corrected chi connectivity index (χ3v) is 6.77. The molecule has 0 fully saturated rings. The Bertz CT molecular complexity index is 1020. The van der Waals surface area contributed by atoms with Crippen LogP contribution >= 0.6 is 27.3 Å². The highest BCUT2D eigenvalue weighted by atomic mass is 79.9. The van der Waals surface area contributed by atoms with Crippen molar-refractivity contribution in [3.05, 3.63) is 87.3 Å². The Morgan fingerprint density at radius 3 is 2.00 bits per heavy atom. The maximum Gasteiger partial charge on any atom is 0.324 e. The smallest absolute Gasteiger partial charge is 0.324 e. The number of aliphatic carboxylic acids is 1. The highest BCUT2D eigenvalue weighted by Gasteiger charge is 2.37. The summed E-state index contributed by atoms with van der Waals surface area (Å²) < 4.78 is 17.1. The third-order valence-electron chi connectivity index (χ3n) is 5.15. The molecule has 7 nitrogen and oxygen atoms in total. The molecule has 3 rings (SSSR count). The monoisotopic (exact) mass is 546 g/mol. The fraction of sp³-hybridized carbons (Fsp3) is 0.280. The molecule has 9 heteroatoms. The summed E-state index contributed by atoms with van der Waals surface area (Å²) in [6.45, 7) is 4.68. The quantitative estimate of drug-likeness (QED) is 0.290. The van der Waals surface area contributed by atoms with Gasteiger partial charge >= 0.3 is 5.97 Å². The predicted octanol–water partition coefficient (Wildman–Crippen LogP) is 5.32. The van der Waals surface area contributed by atoms with Gasteiger partial charge in [-0.3, -0.25) is 9.69 Å². The third kappa shape index (κ3) is 6.89. The molecule has 0 bridgehead atoms. The lowest BCUT2D eigenvalue weighted by atomic mass is 10.1. The molecule has 0 aliphatic heterocycles. The second kappa shape index (κ2) is 12.7. The number of aromatic nitrogens is 1. The van der Waals surface area contributed by atoms with Gasteiger partial charge in [-0.25, -0.2) is 4.98 Å². The van der Waals surface area contributed by atoms with E-state index in [9.17, 15) is 9.90 Å². The molecule has 1 aromatic heterocycles. The first kappa shape index (κ1) is 25.9. The zero-order valence-corrected chi connectivity index (χ0v) is 21.4. The van der Waals surface area contributed by atoms with Gasteiger partial charge in [-0.15, -0.1) is 17.9 Å². The van der Waals surface area contributed by atoms with Gasteiger partial charge < -0.3 is 19.3 Å². The normalized spacial score (nSPS) is 12.8. The van der Waals surface area contributed by atoms with E-state index >= 15 is 0 Å². The summed E-state index contributed by atoms with van der Waals surface area (Å²) in [6, 6.07) is 14.2. The fourth-order valence-corrected chi connectivity index (χ4v) is 4.87. The van der Waals surface area contributed by atoms with Gasteiger partial charge in [0.25, 0.3) is 0 Å². The van der Waals surface area contributed by atoms with Crippen LogP contribution in [0.1, 0.15) is 22.2 Å². The van der Waals surface area contributed by atoms with Crippen molar-refractivity contribution < 1.29 is 24.1 Å². The van der Waals surface area contributed by atoms with Crippen LogP contribution in [0.5, 0.6) is 11.5 Å². The number of benzene rings is 2. The molecule has 34 heavy (non-hydrogen) atoms. The van der Waals surface area contributed by atoms with Gasteiger partial charge in [0, 0.05) is 18.5 Å². The minimum Gasteiger partial charge on any atom is -0.497 e. The molecule has 1 N–H and O–H groups in total. The number of carbonyl (C=O) groups is 1. The van der Waals surface area contributed by atoms with Crippen LogP contribution in [0.4, 0.5) is 0 Å². The molecule has 2 unspecified atom stereocenters. The van der Waals surface area contributed by atoms with Crippen molar-refractivity contribution in [1.82, 2.24) is 9.88 Å². The summed E-state index contributed by atoms with van der Waals surface area (Å²) in [6.07, 6.45) is 0.814. The van der Waals surface area contributed by atoms with Crippen LogP contribution in [0.3, 0.4) is 0 Å². The maximum absolute atomic E-state index is 12.7. The molecule has 0 spiro atoms. The average molecular weight is 547 g/mol. The van der Waals surface area contributed by atoms with Crippen LogP contribution < -0.4 is 9.47 Å². The first-order valence-electron chi connectivity index (χ1n) is 10.5. The van der Waals surface area contributed by atoms with Gasteiger partial charge in [0.2, 0.25) is 0 Å². The van der Waals surface area contributed by atoms with Gasteiger partial charge in [0.1, 0.15) is 33.3 Å². The van der Waals surface area contributed by atoms with Gasteiger partial charge in [-0.1, -0.05) is 30.3 Å². The Kier molecular flexibility index (Phi) is 9.64. The van der Waals surface area contributed by atoms with Crippen molar-refractivity contribution in [3.8, 4) is 11.5 Å². The molecule has 0 saturated heterocycles. The first-order chi connectivity index (χ1) is 16.4. The van der Waals surface area contributed by atoms with Gasteiger partial charge in [-0.2, -0.15) is 0 Å². The molecular weight excluding hydrogens is 520 g/mol. The summed E-state index contributed by atoms with van der Waals surface area (Å²) in [4.78, 5) is 19.0. The summed E-state index contributed by atoms with van der Waals surface area (Å²) in [5, 5.41) is 12.8. The standard InChI is InChI=1S/C25H27BrN2O5S/c1-4-13-33-23(24-27-21(26)16-34-24)22(25(29)30)28(14-17-5-9-19(31-2)10-6-17)15-18-7-11-20(32-3)12-8-18/h4-12,16,22-23H,1,13-15H2,2-3H3,(H,29,30). The Labute approximate surface area is 211 Å². The Hall–Kier alpha value is -2.72. The number of thiazole rings is 1. The number of rotatable bonds is 13. The number of methoxy groups -OCH3 is 2. The van der Waals surface area contributed by atoms with Crippen LogP contribution in [-0.4, -0.2) is 47.8 Å². The second-order valence-electron chi connectivity index (χ2n) is 7.44. The van der Waals surface area contributed by atoms with E-state index in [1.807, 2.05) is 58.8 Å². The van der Waals surface area contributed by atoms with Crippen LogP contribution in [0, 0.1) is 0 Å². The highest BCUT2D eigenvalue weighted by Crippen LogP contribution is 2.32. The SMILES string of the molecule is C=CCOC(c1nc(Br)cs1)C(C(=O)O)N(Cc1ccc(OC)cc1)Cc1ccc(OC)cc1. The van der Waals surface area contributed by atoms with Crippen molar-refractivity contribution >= 4 is 33.2 Å². The Morgan fingerprint density at radius 2 is 1.62 bits per heavy atom. The molecule has 0 radical (unpaired) electrons. The number of carboxylic acids is 1. The summed E-state index contributed by atoms with van der Waals surface area (Å²) >= 11 is 4.72. The molecule has 1 heterocycles. The lowest BCUT2D eigenvalue weighted by molar-refractivity contribution is -0.151. The molecule has 2 aromatic carbocycles. The summed E-state index contributed by atoms with van der Waals surface area (Å²) in [5.41, 5.74) is 1.90. The van der Waals surface area contributed by atoms with E-state index in [0.717, 1.165) is 22.6 Å². The van der Waals surface area contributed by atoms with Gasteiger partial charge in [0.15, 0.2) is 0 Å². The summed E-state index contributed by atoms with van der Waals surface area (Å²) in [7, 11) is 3.22. The molecule has 0 aliphatic rings. The van der Waals surface area contributed by atoms with Crippen LogP contribution in [-0.2, 0) is 22.6 Å². The van der Waals surface area contributed by atoms with Crippen LogP contribution in [0.15, 0.2) is 71.2 Å². The predicted molar refractivity (Wildman–Crippen MR) is 135 cm³/mol. The van der Waals surface area contributed by atoms with Crippen molar-refractivity contribution in [1.29, 1.82) is 0 Å². The molecule has 180 valence electrons. The van der Waals surface area contributed by atoms with E-state index in [-0.39, 0.29) is 6.61 Å². The number of carboxylic acid groups (broad SMARTS) is 1. The largest absolute Gasteiger partial charge is 0.497 e. The Morgan fingerprint density at radius 1 is 1.09 bits per heavy atom. The highest BCUT2D eigenvalue weighted by molar-refractivity contribution is 9.10. The number of nitrogens with zero attached hydrogens (tertiary/aromatic N) is 2. The van der Waals surface area contributed by atoms with Gasteiger partial charge in [0.05, 0.1) is 20.8 Å². The van der Waals surface area contributed by atoms with Crippen molar-refractivity contribution in [2.45, 2.75) is 25.2 Å². The Balaban J connectivity index is 1.99. The first-order valence-corrected chi connectivity index (χ1v) is 12.2. The topological polar surface area (TPSA) is 81.1 Å². The molecule has 0 aliphatic carbocycles. The lowest BCUT2D eigenvalue weighted by Gasteiger charge is -2.33. The molecule has 3 aromatic rings.